The summed E-state index contributed by atoms with van der Waals surface area (Å²) in [5.41, 5.74) is 2.35. The summed E-state index contributed by atoms with van der Waals surface area (Å²) in [4.78, 5) is 44.3. The smallest absolute Gasteiger partial charge is 0.261 e. The van der Waals surface area contributed by atoms with Crippen molar-refractivity contribution in [1.82, 2.24) is 40.3 Å². The summed E-state index contributed by atoms with van der Waals surface area (Å²) in [6.45, 7) is 1.17. The fourth-order valence-electron chi connectivity index (χ4n) is 4.70. The number of thiophene rings is 1. The molecule has 3 N–H and O–H groups in total. The van der Waals surface area contributed by atoms with Crippen LogP contribution in [0.4, 0.5) is 0 Å². The van der Waals surface area contributed by atoms with Crippen LogP contribution < -0.4 is 10.6 Å². The normalized spacial score (nSPS) is 18.2. The topological polar surface area (TPSA) is 130 Å². The summed E-state index contributed by atoms with van der Waals surface area (Å²) in [7, 11) is 0. The molecule has 6 heterocycles. The third-order valence-electron chi connectivity index (χ3n) is 6.22. The van der Waals surface area contributed by atoms with E-state index < -0.39 is 11.8 Å². The summed E-state index contributed by atoms with van der Waals surface area (Å²) < 4.78 is 1.81. The first kappa shape index (κ1) is 19.3. The standard InChI is InChI=1S/C23H16N8O2S/c32-21-17(13-7-25-23-11(13)5-6-34-23)18(22(33)30-21)19-12-3-1-2-4-14(12)28-20(29-19)15-8-24-9-16-26-10-27-31(15)16/h1-7,10,15,24-25H,8-9H2,(H,30,32,33). The van der Waals surface area contributed by atoms with Crippen molar-refractivity contribution in [1.29, 1.82) is 0 Å². The number of aromatic nitrogens is 6. The molecule has 5 aromatic rings. The van der Waals surface area contributed by atoms with Crippen LogP contribution in [0.1, 0.15) is 28.9 Å². The molecule has 0 saturated heterocycles. The lowest BCUT2D eigenvalue weighted by Gasteiger charge is -2.24. The second-order valence-electron chi connectivity index (χ2n) is 8.11. The molecule has 1 unspecified atom stereocenters. The molecule has 11 heteroatoms. The van der Waals surface area contributed by atoms with E-state index in [9.17, 15) is 9.59 Å². The molecule has 0 spiro atoms. The molecule has 166 valence electrons. The third-order valence-corrected chi connectivity index (χ3v) is 7.07. The molecule has 7 rings (SSSR count). The van der Waals surface area contributed by atoms with Crippen molar-refractivity contribution in [2.24, 2.45) is 0 Å². The Morgan fingerprint density at radius 3 is 2.85 bits per heavy atom. The number of aromatic amines is 1. The van der Waals surface area contributed by atoms with Crippen LogP contribution in [0.25, 0.3) is 32.3 Å². The molecule has 1 aromatic carbocycles. The highest BCUT2D eigenvalue weighted by atomic mass is 32.1. The Balaban J connectivity index is 1.51. The van der Waals surface area contributed by atoms with E-state index in [-0.39, 0.29) is 11.6 Å². The van der Waals surface area contributed by atoms with Gasteiger partial charge in [-0.1, -0.05) is 18.2 Å². The van der Waals surface area contributed by atoms with Crippen molar-refractivity contribution in [3.05, 3.63) is 71.1 Å². The van der Waals surface area contributed by atoms with Gasteiger partial charge in [-0.05, 0) is 17.5 Å². The molecular weight excluding hydrogens is 452 g/mol. The number of carbonyl (C=O) groups is 2. The Morgan fingerprint density at radius 1 is 1.03 bits per heavy atom. The molecule has 0 aliphatic carbocycles. The van der Waals surface area contributed by atoms with E-state index in [0.717, 1.165) is 16.0 Å². The van der Waals surface area contributed by atoms with Crippen molar-refractivity contribution >= 4 is 55.4 Å². The van der Waals surface area contributed by atoms with E-state index >= 15 is 0 Å². The maximum absolute atomic E-state index is 13.2. The molecule has 2 aliphatic rings. The Labute approximate surface area is 195 Å². The van der Waals surface area contributed by atoms with Crippen molar-refractivity contribution in [3.63, 3.8) is 0 Å². The zero-order valence-corrected chi connectivity index (χ0v) is 18.4. The van der Waals surface area contributed by atoms with Gasteiger partial charge in [-0.15, -0.1) is 11.3 Å². The molecule has 0 fully saturated rings. The number of nitrogens with zero attached hydrogens (tertiary/aromatic N) is 5. The Hall–Kier alpha value is -4.22. The van der Waals surface area contributed by atoms with E-state index in [4.69, 9.17) is 9.97 Å². The Bertz CT molecular complexity index is 1680. The van der Waals surface area contributed by atoms with Crippen LogP contribution in [0.5, 0.6) is 0 Å². The highest BCUT2D eigenvalue weighted by Gasteiger charge is 2.36. The summed E-state index contributed by atoms with van der Waals surface area (Å²) >= 11 is 1.54. The van der Waals surface area contributed by atoms with Gasteiger partial charge in [0.15, 0.2) is 5.82 Å². The zero-order valence-electron chi connectivity index (χ0n) is 17.6. The molecule has 1 atom stereocenters. The number of benzene rings is 1. The van der Waals surface area contributed by atoms with Gasteiger partial charge in [-0.25, -0.2) is 19.6 Å². The molecule has 0 radical (unpaired) electrons. The van der Waals surface area contributed by atoms with Crippen molar-refractivity contribution in [2.75, 3.05) is 6.54 Å². The minimum atomic E-state index is -0.470. The third kappa shape index (κ3) is 2.71. The van der Waals surface area contributed by atoms with E-state index in [0.29, 0.717) is 46.6 Å². The van der Waals surface area contributed by atoms with Gasteiger partial charge in [0.1, 0.15) is 23.0 Å². The Kier molecular flexibility index (Phi) is 4.05. The van der Waals surface area contributed by atoms with E-state index in [1.54, 1.807) is 22.2 Å². The molecular formula is C23H16N8O2S. The predicted molar refractivity (Wildman–Crippen MR) is 126 cm³/mol. The molecule has 2 amide bonds. The van der Waals surface area contributed by atoms with Gasteiger partial charge in [0.05, 0.1) is 28.9 Å². The lowest BCUT2D eigenvalue weighted by molar-refractivity contribution is -0.122. The average molecular weight is 469 g/mol. The molecule has 4 aromatic heterocycles. The van der Waals surface area contributed by atoms with Gasteiger partial charge in [0.2, 0.25) is 0 Å². The molecule has 0 bridgehead atoms. The summed E-state index contributed by atoms with van der Waals surface area (Å²) in [5, 5.41) is 13.7. The number of fused-ring (bicyclic) bond motifs is 3. The highest BCUT2D eigenvalue weighted by Crippen LogP contribution is 2.38. The van der Waals surface area contributed by atoms with E-state index in [1.165, 1.54) is 6.33 Å². The van der Waals surface area contributed by atoms with Gasteiger partial charge in [0, 0.05) is 29.1 Å². The maximum atomic E-state index is 13.2. The summed E-state index contributed by atoms with van der Waals surface area (Å²) in [6.07, 6.45) is 3.28. The van der Waals surface area contributed by atoms with Crippen LogP contribution in [-0.2, 0) is 16.1 Å². The van der Waals surface area contributed by atoms with Crippen LogP contribution in [0.2, 0.25) is 0 Å². The molecule has 10 nitrogen and oxygen atoms in total. The number of amides is 2. The Morgan fingerprint density at radius 2 is 1.91 bits per heavy atom. The largest absolute Gasteiger partial charge is 0.352 e. The lowest BCUT2D eigenvalue weighted by atomic mass is 9.97. The number of para-hydroxylation sites is 1. The quantitative estimate of drug-likeness (QED) is 0.345. The number of rotatable bonds is 3. The van der Waals surface area contributed by atoms with Gasteiger partial charge in [0.25, 0.3) is 11.8 Å². The average Bonchev–Trinajstić information content (AvgIpc) is 3.62. The van der Waals surface area contributed by atoms with Crippen LogP contribution in [0.3, 0.4) is 0 Å². The molecule has 0 saturated carbocycles. The van der Waals surface area contributed by atoms with Crippen molar-refractivity contribution < 1.29 is 9.59 Å². The molecule has 2 aliphatic heterocycles. The molecule has 34 heavy (non-hydrogen) atoms. The second-order valence-corrected chi connectivity index (χ2v) is 9.03. The number of hydrogen-bond acceptors (Lipinski definition) is 8. The number of imide groups is 1. The second kappa shape index (κ2) is 7.14. The van der Waals surface area contributed by atoms with Gasteiger partial charge < -0.3 is 10.3 Å². The minimum Gasteiger partial charge on any atom is -0.352 e. The predicted octanol–water partition coefficient (Wildman–Crippen LogP) is 2.02. The van der Waals surface area contributed by atoms with Crippen molar-refractivity contribution in [3.8, 4) is 0 Å². The fourth-order valence-corrected chi connectivity index (χ4v) is 5.47. The number of carbonyl (C=O) groups excluding carboxylic acids is 2. The SMILES string of the molecule is O=C1NC(=O)C(c2c[nH]c3sccc23)=C1c1nc(C2CNCc3ncnn32)nc2ccccc12. The van der Waals surface area contributed by atoms with Crippen LogP contribution in [0.15, 0.2) is 48.2 Å². The lowest BCUT2D eigenvalue weighted by Crippen LogP contribution is -2.35. The van der Waals surface area contributed by atoms with Gasteiger partial charge in [-0.3, -0.25) is 14.9 Å². The maximum Gasteiger partial charge on any atom is 0.261 e. The zero-order chi connectivity index (χ0) is 22.8. The van der Waals surface area contributed by atoms with Gasteiger partial charge >= 0.3 is 0 Å². The van der Waals surface area contributed by atoms with E-state index in [1.807, 2.05) is 35.7 Å². The first-order valence-corrected chi connectivity index (χ1v) is 11.6. The summed E-state index contributed by atoms with van der Waals surface area (Å²) in [5.74, 6) is 0.383. The van der Waals surface area contributed by atoms with Crippen molar-refractivity contribution in [2.45, 2.75) is 12.6 Å². The summed E-state index contributed by atoms with van der Waals surface area (Å²) in [6, 6.07) is 9.15. The highest BCUT2D eigenvalue weighted by molar-refractivity contribution is 7.16. The van der Waals surface area contributed by atoms with Crippen LogP contribution in [0, 0.1) is 0 Å². The first-order valence-electron chi connectivity index (χ1n) is 10.7. The van der Waals surface area contributed by atoms with Crippen LogP contribution >= 0.6 is 11.3 Å². The van der Waals surface area contributed by atoms with E-state index in [2.05, 4.69) is 25.7 Å². The van der Waals surface area contributed by atoms with Crippen LogP contribution in [-0.4, -0.2) is 48.1 Å². The van der Waals surface area contributed by atoms with Gasteiger partial charge in [-0.2, -0.15) is 5.10 Å². The number of nitrogens with one attached hydrogen (secondary N) is 3. The fraction of sp³-hybridized carbons (Fsp3) is 0.130. The first-order chi connectivity index (χ1) is 16.7. The number of hydrogen-bond donors (Lipinski definition) is 3. The minimum absolute atomic E-state index is 0.250. The number of H-pyrrole nitrogens is 1. The monoisotopic (exact) mass is 468 g/mol.